The Bertz CT molecular complexity index is 840. The average Bonchev–Trinajstić information content (AvgIpc) is 3.24. The highest BCUT2D eigenvalue weighted by atomic mass is 32.1. The van der Waals surface area contributed by atoms with E-state index < -0.39 is 0 Å². The van der Waals surface area contributed by atoms with Crippen LogP contribution in [-0.2, 0) is 16.0 Å². The number of nitrogens with zero attached hydrogens (tertiary/aromatic N) is 2. The molecule has 0 aromatic carbocycles. The van der Waals surface area contributed by atoms with Gasteiger partial charge in [0.2, 0.25) is 11.8 Å². The van der Waals surface area contributed by atoms with Gasteiger partial charge in [-0.1, -0.05) is 6.07 Å². The molecule has 4 rings (SSSR count). The van der Waals surface area contributed by atoms with Crippen molar-refractivity contribution in [3.63, 3.8) is 0 Å². The average molecular weight is 416 g/mol. The summed E-state index contributed by atoms with van der Waals surface area (Å²) in [6, 6.07) is 4.00. The number of carbonyl (C=O) groups excluding carboxylic acids is 2. The number of thiophene rings is 1. The minimum atomic E-state index is 0.0812. The first kappa shape index (κ1) is 19.3. The van der Waals surface area contributed by atoms with Crippen LogP contribution in [0.5, 0.6) is 0 Å². The van der Waals surface area contributed by atoms with Gasteiger partial charge in [-0.2, -0.15) is 0 Å². The fraction of sp³-hybridized carbons (Fsp3) is 0.476. The number of aromatic nitrogens is 1. The summed E-state index contributed by atoms with van der Waals surface area (Å²) in [6.45, 7) is 2.20. The van der Waals surface area contributed by atoms with E-state index in [-0.39, 0.29) is 17.7 Å². The number of hydrogen-bond acceptors (Lipinski definition) is 5. The molecule has 3 heterocycles. The molecule has 2 fully saturated rings. The van der Waals surface area contributed by atoms with Gasteiger partial charge in [0.25, 0.3) is 0 Å². The van der Waals surface area contributed by atoms with E-state index in [2.05, 4.69) is 10.7 Å². The van der Waals surface area contributed by atoms with Gasteiger partial charge >= 0.3 is 0 Å². The Balaban J connectivity index is 1.28. The normalized spacial score (nSPS) is 19.9. The number of likely N-dealkylation sites (tertiary alicyclic amines) is 1. The standard InChI is InChI=1S/C21H25N3O2S2/c25-19(8-7-18-4-2-12-27-18)24-11-1-3-16(13-24)21-23-17(14-28-21)9-10-22-20(26)15-5-6-15/h2,4,7-8,12,14-16H,1,3,5-6,9-11,13H2,(H,22,26)/b8-7+. The molecule has 1 N–H and O–H groups in total. The zero-order chi connectivity index (χ0) is 19.3. The maximum absolute atomic E-state index is 12.5. The molecule has 1 aliphatic carbocycles. The van der Waals surface area contributed by atoms with Crippen molar-refractivity contribution in [2.24, 2.45) is 5.92 Å². The lowest BCUT2D eigenvalue weighted by Crippen LogP contribution is -2.38. The molecule has 1 aliphatic heterocycles. The molecular weight excluding hydrogens is 390 g/mol. The van der Waals surface area contributed by atoms with Crippen LogP contribution in [0, 0.1) is 5.92 Å². The first-order chi connectivity index (χ1) is 13.7. The number of hydrogen-bond donors (Lipinski definition) is 1. The SMILES string of the molecule is O=C(NCCc1csc(C2CCCN(C(=O)/C=C/c3cccs3)C2)n1)C1CC1. The van der Waals surface area contributed by atoms with Gasteiger partial charge in [-0.25, -0.2) is 4.98 Å². The molecule has 7 heteroatoms. The largest absolute Gasteiger partial charge is 0.355 e. The Labute approximate surface area is 173 Å². The maximum atomic E-state index is 12.5. The summed E-state index contributed by atoms with van der Waals surface area (Å²) in [5.41, 5.74) is 1.04. The van der Waals surface area contributed by atoms with Crippen LogP contribution in [-0.4, -0.2) is 41.3 Å². The van der Waals surface area contributed by atoms with Crippen LogP contribution in [0.2, 0.25) is 0 Å². The van der Waals surface area contributed by atoms with Crippen molar-refractivity contribution in [1.82, 2.24) is 15.2 Å². The highest BCUT2D eigenvalue weighted by Gasteiger charge is 2.29. The molecular formula is C21H25N3O2S2. The van der Waals surface area contributed by atoms with Gasteiger partial charge in [-0.3, -0.25) is 9.59 Å². The van der Waals surface area contributed by atoms with E-state index in [1.165, 1.54) is 0 Å². The molecule has 148 valence electrons. The molecule has 1 saturated heterocycles. The van der Waals surface area contributed by atoms with E-state index in [0.717, 1.165) is 60.8 Å². The lowest BCUT2D eigenvalue weighted by Gasteiger charge is -2.31. The second kappa shape index (κ2) is 9.01. The minimum Gasteiger partial charge on any atom is -0.355 e. The Hall–Kier alpha value is -1.99. The van der Waals surface area contributed by atoms with Gasteiger partial charge in [-0.05, 0) is 43.2 Å². The third-order valence-corrected chi connectivity index (χ3v) is 7.11. The highest BCUT2D eigenvalue weighted by Crippen LogP contribution is 2.30. The van der Waals surface area contributed by atoms with Crippen molar-refractivity contribution < 1.29 is 9.59 Å². The Morgan fingerprint density at radius 3 is 2.96 bits per heavy atom. The summed E-state index contributed by atoms with van der Waals surface area (Å²) in [5, 5.41) is 8.22. The van der Waals surface area contributed by atoms with Gasteiger partial charge < -0.3 is 10.2 Å². The van der Waals surface area contributed by atoms with Crippen LogP contribution >= 0.6 is 22.7 Å². The number of rotatable bonds is 7. The highest BCUT2D eigenvalue weighted by molar-refractivity contribution is 7.10. The van der Waals surface area contributed by atoms with E-state index in [9.17, 15) is 9.59 Å². The molecule has 28 heavy (non-hydrogen) atoms. The van der Waals surface area contributed by atoms with E-state index in [1.54, 1.807) is 28.7 Å². The number of carbonyl (C=O) groups is 2. The van der Waals surface area contributed by atoms with Crippen LogP contribution in [0.4, 0.5) is 0 Å². The molecule has 2 aromatic rings. The predicted molar refractivity (Wildman–Crippen MR) is 113 cm³/mol. The molecule has 2 amide bonds. The lowest BCUT2D eigenvalue weighted by molar-refractivity contribution is -0.127. The number of thiazole rings is 1. The Kier molecular flexibility index (Phi) is 6.22. The molecule has 2 aliphatic rings. The fourth-order valence-corrected chi connectivity index (χ4v) is 5.05. The molecule has 1 unspecified atom stereocenters. The van der Waals surface area contributed by atoms with Gasteiger partial charge in [0.15, 0.2) is 0 Å². The van der Waals surface area contributed by atoms with Crippen LogP contribution < -0.4 is 5.32 Å². The lowest BCUT2D eigenvalue weighted by atomic mass is 9.98. The first-order valence-corrected chi connectivity index (χ1v) is 11.7. The van der Waals surface area contributed by atoms with E-state index >= 15 is 0 Å². The quantitative estimate of drug-likeness (QED) is 0.702. The maximum Gasteiger partial charge on any atom is 0.246 e. The Morgan fingerprint density at radius 1 is 1.29 bits per heavy atom. The van der Waals surface area contributed by atoms with Crippen molar-refractivity contribution in [3.8, 4) is 0 Å². The van der Waals surface area contributed by atoms with Gasteiger partial charge in [0.1, 0.15) is 0 Å². The Morgan fingerprint density at radius 2 is 2.18 bits per heavy atom. The summed E-state index contributed by atoms with van der Waals surface area (Å²) in [6.07, 6.45) is 8.50. The zero-order valence-corrected chi connectivity index (χ0v) is 17.4. The topological polar surface area (TPSA) is 62.3 Å². The van der Waals surface area contributed by atoms with Gasteiger partial charge in [0, 0.05) is 54.2 Å². The fourth-order valence-electron chi connectivity index (χ4n) is 3.45. The molecule has 5 nitrogen and oxygen atoms in total. The van der Waals surface area contributed by atoms with Crippen LogP contribution in [0.3, 0.4) is 0 Å². The molecule has 0 spiro atoms. The summed E-state index contributed by atoms with van der Waals surface area (Å²) >= 11 is 3.31. The summed E-state index contributed by atoms with van der Waals surface area (Å²) in [5.74, 6) is 0.837. The summed E-state index contributed by atoms with van der Waals surface area (Å²) < 4.78 is 0. The molecule has 1 saturated carbocycles. The summed E-state index contributed by atoms with van der Waals surface area (Å²) in [4.78, 5) is 32.1. The smallest absolute Gasteiger partial charge is 0.246 e. The minimum absolute atomic E-state index is 0.0812. The van der Waals surface area contributed by atoms with Gasteiger partial charge in [0.05, 0.1) is 10.7 Å². The van der Waals surface area contributed by atoms with E-state index in [4.69, 9.17) is 4.98 Å². The molecule has 0 radical (unpaired) electrons. The van der Waals surface area contributed by atoms with Crippen molar-refractivity contribution >= 4 is 40.6 Å². The van der Waals surface area contributed by atoms with E-state index in [1.807, 2.05) is 28.5 Å². The second-order valence-corrected chi connectivity index (χ2v) is 9.33. The third-order valence-electron chi connectivity index (χ3n) is 5.21. The second-order valence-electron chi connectivity index (χ2n) is 7.46. The van der Waals surface area contributed by atoms with Crippen molar-refractivity contribution in [2.75, 3.05) is 19.6 Å². The van der Waals surface area contributed by atoms with Crippen LogP contribution in [0.25, 0.3) is 6.08 Å². The van der Waals surface area contributed by atoms with Crippen LogP contribution in [0.1, 0.15) is 47.2 Å². The van der Waals surface area contributed by atoms with Crippen molar-refractivity contribution in [2.45, 2.75) is 38.0 Å². The van der Waals surface area contributed by atoms with Crippen molar-refractivity contribution in [1.29, 1.82) is 0 Å². The first-order valence-electron chi connectivity index (χ1n) is 9.91. The number of nitrogens with one attached hydrogen (secondary N) is 1. The number of piperidine rings is 1. The van der Waals surface area contributed by atoms with Crippen molar-refractivity contribution in [3.05, 3.63) is 44.5 Å². The van der Waals surface area contributed by atoms with Gasteiger partial charge in [-0.15, -0.1) is 22.7 Å². The van der Waals surface area contributed by atoms with E-state index in [0.29, 0.717) is 12.5 Å². The molecule has 1 atom stereocenters. The predicted octanol–water partition coefficient (Wildman–Crippen LogP) is 3.69. The zero-order valence-electron chi connectivity index (χ0n) is 15.8. The van der Waals surface area contributed by atoms with Crippen LogP contribution in [0.15, 0.2) is 29.0 Å². The molecule has 0 bridgehead atoms. The monoisotopic (exact) mass is 415 g/mol. The summed E-state index contributed by atoms with van der Waals surface area (Å²) in [7, 11) is 0. The third kappa shape index (κ3) is 5.08. The number of amides is 2. The molecule has 2 aromatic heterocycles.